The first-order valence-electron chi connectivity index (χ1n) is 7.49. The molecule has 2 rings (SSSR count). The summed E-state index contributed by atoms with van der Waals surface area (Å²) in [5.74, 6) is 0.613. The van der Waals surface area contributed by atoms with Crippen LogP contribution >= 0.6 is 0 Å². The van der Waals surface area contributed by atoms with Gasteiger partial charge in [-0.25, -0.2) is 0 Å². The molecule has 6 nitrogen and oxygen atoms in total. The lowest BCUT2D eigenvalue weighted by Crippen LogP contribution is -2.22. The van der Waals surface area contributed by atoms with Crippen molar-refractivity contribution < 1.29 is 27.4 Å². The first-order chi connectivity index (χ1) is 11.8. The lowest BCUT2D eigenvalue weighted by Gasteiger charge is -2.11. The number of carbonyl (C=O) groups is 1. The van der Waals surface area contributed by atoms with Crippen LogP contribution in [0.2, 0.25) is 0 Å². The number of carbonyl (C=O) groups excluding carboxylic acids is 1. The van der Waals surface area contributed by atoms with Gasteiger partial charge in [-0.15, -0.1) is 0 Å². The average molecular weight is 357 g/mol. The van der Waals surface area contributed by atoms with Gasteiger partial charge in [0.25, 0.3) is 5.91 Å². The van der Waals surface area contributed by atoms with Crippen molar-refractivity contribution in [3.8, 4) is 11.5 Å². The fourth-order valence-electron chi connectivity index (χ4n) is 2.13. The zero-order valence-electron chi connectivity index (χ0n) is 13.8. The Morgan fingerprint density at radius 2 is 2.08 bits per heavy atom. The highest BCUT2D eigenvalue weighted by Crippen LogP contribution is 2.28. The molecule has 136 valence electrons. The highest BCUT2D eigenvalue weighted by Gasteiger charge is 2.28. The number of alkyl halides is 3. The van der Waals surface area contributed by atoms with E-state index < -0.39 is 18.6 Å². The maximum atomic E-state index is 12.3. The van der Waals surface area contributed by atoms with Gasteiger partial charge in [0.15, 0.2) is 11.5 Å². The molecule has 0 saturated carbocycles. The Labute approximate surface area is 142 Å². The van der Waals surface area contributed by atoms with E-state index in [1.807, 2.05) is 6.92 Å². The second-order valence-corrected chi connectivity index (χ2v) is 5.14. The molecule has 1 amide bonds. The molecule has 9 heteroatoms. The maximum Gasteiger partial charge on any atom is 0.408 e. The topological polar surface area (TPSA) is 65.4 Å². The van der Waals surface area contributed by atoms with E-state index in [0.717, 1.165) is 18.0 Å². The van der Waals surface area contributed by atoms with E-state index >= 15 is 0 Å². The van der Waals surface area contributed by atoms with Crippen molar-refractivity contribution in [1.82, 2.24) is 15.1 Å². The molecule has 0 aliphatic rings. The molecule has 0 unspecified atom stereocenters. The number of halogens is 3. The minimum absolute atomic E-state index is 0.0581. The predicted octanol–water partition coefficient (Wildman–Crippen LogP) is 2.78. The van der Waals surface area contributed by atoms with Crippen LogP contribution in [0.3, 0.4) is 0 Å². The molecule has 0 aliphatic carbocycles. The molecule has 1 aromatic carbocycles. The third-order valence-electron chi connectivity index (χ3n) is 3.22. The summed E-state index contributed by atoms with van der Waals surface area (Å²) in [5.41, 5.74) is 0.822. The number of benzene rings is 1. The van der Waals surface area contributed by atoms with Crippen molar-refractivity contribution in [1.29, 1.82) is 0 Å². The summed E-state index contributed by atoms with van der Waals surface area (Å²) in [5, 5.41) is 6.17. The van der Waals surface area contributed by atoms with Crippen LogP contribution in [0.1, 0.15) is 22.8 Å². The van der Waals surface area contributed by atoms with E-state index in [4.69, 9.17) is 9.47 Å². The predicted molar refractivity (Wildman–Crippen MR) is 83.6 cm³/mol. The summed E-state index contributed by atoms with van der Waals surface area (Å²) in [6, 6.07) is 5.21. The number of hydrogen-bond donors (Lipinski definition) is 1. The molecule has 1 heterocycles. The van der Waals surface area contributed by atoms with E-state index in [9.17, 15) is 18.0 Å². The molecule has 0 fully saturated rings. The molecule has 0 saturated heterocycles. The number of amides is 1. The van der Waals surface area contributed by atoms with Crippen molar-refractivity contribution in [2.24, 2.45) is 0 Å². The average Bonchev–Trinajstić information content (AvgIpc) is 2.99. The number of ether oxygens (including phenoxy) is 2. The monoisotopic (exact) mass is 357 g/mol. The summed E-state index contributed by atoms with van der Waals surface area (Å²) in [4.78, 5) is 12.0. The van der Waals surface area contributed by atoms with E-state index in [2.05, 4.69) is 10.4 Å². The van der Waals surface area contributed by atoms with Crippen LogP contribution in [0.4, 0.5) is 13.2 Å². The second-order valence-electron chi connectivity index (χ2n) is 5.14. The minimum atomic E-state index is -4.39. The molecule has 25 heavy (non-hydrogen) atoms. The smallest absolute Gasteiger partial charge is 0.408 e. The third kappa shape index (κ3) is 5.40. The van der Waals surface area contributed by atoms with Gasteiger partial charge in [-0.2, -0.15) is 18.3 Å². The van der Waals surface area contributed by atoms with E-state index in [1.165, 1.54) is 7.11 Å². The number of nitrogens with one attached hydrogen (secondary N) is 1. The summed E-state index contributed by atoms with van der Waals surface area (Å²) in [6.07, 6.45) is -2.23. The van der Waals surface area contributed by atoms with Gasteiger partial charge < -0.3 is 14.8 Å². The Balaban J connectivity index is 1.99. The van der Waals surface area contributed by atoms with Crippen molar-refractivity contribution in [3.05, 3.63) is 41.7 Å². The first-order valence-corrected chi connectivity index (χ1v) is 7.49. The summed E-state index contributed by atoms with van der Waals surface area (Å²) < 4.78 is 48.2. The van der Waals surface area contributed by atoms with Crippen LogP contribution < -0.4 is 14.8 Å². The Morgan fingerprint density at radius 3 is 2.72 bits per heavy atom. The van der Waals surface area contributed by atoms with Gasteiger partial charge in [-0.3, -0.25) is 9.48 Å². The quantitative estimate of drug-likeness (QED) is 0.828. The van der Waals surface area contributed by atoms with E-state index in [-0.39, 0.29) is 12.1 Å². The number of nitrogens with zero attached hydrogens (tertiary/aromatic N) is 2. The number of rotatable bonds is 7. The van der Waals surface area contributed by atoms with Gasteiger partial charge >= 0.3 is 6.18 Å². The minimum Gasteiger partial charge on any atom is -0.493 e. The SMILES string of the molecule is CCOc1cc(CNC(=O)c2cnn(CC(F)(F)F)c2)ccc1OC. The fourth-order valence-corrected chi connectivity index (χ4v) is 2.13. The van der Waals surface area contributed by atoms with E-state index in [1.54, 1.807) is 18.2 Å². The van der Waals surface area contributed by atoms with Crippen molar-refractivity contribution >= 4 is 5.91 Å². The normalized spacial score (nSPS) is 11.2. The second kappa shape index (κ2) is 7.91. The molecular weight excluding hydrogens is 339 g/mol. The van der Waals surface area contributed by atoms with Gasteiger partial charge in [0.1, 0.15) is 6.54 Å². The van der Waals surface area contributed by atoms with Gasteiger partial charge in [-0.1, -0.05) is 6.07 Å². The van der Waals surface area contributed by atoms with Crippen molar-refractivity contribution in [2.45, 2.75) is 26.2 Å². The van der Waals surface area contributed by atoms with Gasteiger partial charge in [0, 0.05) is 12.7 Å². The Morgan fingerprint density at radius 1 is 1.32 bits per heavy atom. The highest BCUT2D eigenvalue weighted by molar-refractivity contribution is 5.93. The standard InChI is InChI=1S/C16H18F3N3O3/c1-3-25-14-6-11(4-5-13(14)24-2)7-20-15(23)12-8-21-22(9-12)10-16(17,18)19/h4-6,8-9H,3,7,10H2,1-2H3,(H,20,23). The van der Waals surface area contributed by atoms with Crippen LogP contribution in [-0.2, 0) is 13.1 Å². The Bertz CT molecular complexity index is 729. The van der Waals surface area contributed by atoms with Crippen LogP contribution in [-0.4, -0.2) is 35.6 Å². The fraction of sp³-hybridized carbons (Fsp3) is 0.375. The lowest BCUT2D eigenvalue weighted by atomic mass is 10.2. The molecule has 0 aliphatic heterocycles. The van der Waals surface area contributed by atoms with Crippen LogP contribution in [0.5, 0.6) is 11.5 Å². The van der Waals surface area contributed by atoms with Gasteiger partial charge in [-0.05, 0) is 24.6 Å². The molecule has 0 bridgehead atoms. The molecule has 2 aromatic rings. The lowest BCUT2D eigenvalue weighted by molar-refractivity contribution is -0.142. The maximum absolute atomic E-state index is 12.3. The molecule has 0 atom stereocenters. The molecule has 1 N–H and O–H groups in total. The first kappa shape index (κ1) is 18.6. The van der Waals surface area contributed by atoms with Gasteiger partial charge in [0.2, 0.25) is 0 Å². The van der Waals surface area contributed by atoms with Crippen molar-refractivity contribution in [2.75, 3.05) is 13.7 Å². The Hall–Kier alpha value is -2.71. The summed E-state index contributed by atoms with van der Waals surface area (Å²) in [6.45, 7) is 1.25. The summed E-state index contributed by atoms with van der Waals surface area (Å²) in [7, 11) is 1.53. The van der Waals surface area contributed by atoms with Crippen LogP contribution in [0, 0.1) is 0 Å². The number of aromatic nitrogens is 2. The zero-order chi connectivity index (χ0) is 18.4. The highest BCUT2D eigenvalue weighted by atomic mass is 19.4. The molecular formula is C16H18F3N3O3. The third-order valence-corrected chi connectivity index (χ3v) is 3.22. The summed E-state index contributed by atoms with van der Waals surface area (Å²) >= 11 is 0. The molecule has 0 radical (unpaired) electrons. The van der Waals surface area contributed by atoms with E-state index in [0.29, 0.717) is 22.8 Å². The largest absolute Gasteiger partial charge is 0.493 e. The zero-order valence-corrected chi connectivity index (χ0v) is 13.8. The van der Waals surface area contributed by atoms with Crippen molar-refractivity contribution in [3.63, 3.8) is 0 Å². The van der Waals surface area contributed by atoms with Crippen LogP contribution in [0.15, 0.2) is 30.6 Å². The molecule has 1 aromatic heterocycles. The molecule has 0 spiro atoms. The number of hydrogen-bond acceptors (Lipinski definition) is 4. The Kier molecular flexibility index (Phi) is 5.89. The van der Waals surface area contributed by atoms with Gasteiger partial charge in [0.05, 0.1) is 25.5 Å². The van der Waals surface area contributed by atoms with Crippen LogP contribution in [0.25, 0.3) is 0 Å². The number of methoxy groups -OCH3 is 1.